The van der Waals surface area contributed by atoms with Crippen LogP contribution < -0.4 is 5.32 Å². The van der Waals surface area contributed by atoms with Crippen LogP contribution in [0.5, 0.6) is 0 Å². The van der Waals surface area contributed by atoms with Crippen LogP contribution in [0, 0.1) is 0 Å². The molecule has 0 aliphatic heterocycles. The van der Waals surface area contributed by atoms with Crippen LogP contribution in [-0.4, -0.2) is 33.0 Å². The van der Waals surface area contributed by atoms with Crippen LogP contribution in [0.2, 0.25) is 0 Å². The largest absolute Gasteiger partial charge is 0.310 e. The van der Waals surface area contributed by atoms with Crippen LogP contribution in [0.3, 0.4) is 0 Å². The van der Waals surface area contributed by atoms with Gasteiger partial charge in [0.15, 0.2) is 0 Å². The summed E-state index contributed by atoms with van der Waals surface area (Å²) in [4.78, 5) is 0. The fraction of sp³-hybridized carbons (Fsp3) is 0.714. The van der Waals surface area contributed by atoms with Crippen molar-refractivity contribution in [2.75, 3.05) is 18.6 Å². The minimum absolute atomic E-state index is 0.178. The lowest BCUT2D eigenvalue weighted by atomic mass is 10.3. The normalized spacial score (nSPS) is 14.4. The molecule has 0 saturated carbocycles. The second-order valence-electron chi connectivity index (χ2n) is 2.61. The molecule has 0 aromatic carbocycles. The zero-order chi connectivity index (χ0) is 8.91. The summed E-state index contributed by atoms with van der Waals surface area (Å²) in [5, 5.41) is 2.99. The first-order chi connectivity index (χ1) is 4.95. The average molecular weight is 177 g/mol. The summed E-state index contributed by atoms with van der Waals surface area (Å²) >= 11 is 0. The molecule has 0 rings (SSSR count). The number of hydrogen-bond acceptors (Lipinski definition) is 3. The van der Waals surface area contributed by atoms with Crippen molar-refractivity contribution in [1.82, 2.24) is 5.32 Å². The van der Waals surface area contributed by atoms with Crippen molar-refractivity contribution in [3.8, 4) is 0 Å². The molecular formula is C7H15NO2S. The summed E-state index contributed by atoms with van der Waals surface area (Å²) in [6.45, 7) is 5.98. The van der Waals surface area contributed by atoms with Gasteiger partial charge in [0.05, 0.1) is 5.75 Å². The van der Waals surface area contributed by atoms with Gasteiger partial charge in [0.1, 0.15) is 9.84 Å². The molecule has 1 atom stereocenters. The highest BCUT2D eigenvalue weighted by Crippen LogP contribution is 1.83. The number of hydrogen-bond donors (Lipinski definition) is 1. The maximum absolute atomic E-state index is 10.6. The van der Waals surface area contributed by atoms with Crippen LogP contribution in [0.4, 0.5) is 0 Å². The van der Waals surface area contributed by atoms with E-state index in [-0.39, 0.29) is 11.8 Å². The molecule has 0 radical (unpaired) electrons. The third-order valence-corrected chi connectivity index (χ3v) is 2.24. The molecule has 0 bridgehead atoms. The Bertz CT molecular complexity index is 208. The van der Waals surface area contributed by atoms with Crippen molar-refractivity contribution >= 4 is 9.84 Å². The van der Waals surface area contributed by atoms with E-state index in [1.165, 1.54) is 6.26 Å². The third kappa shape index (κ3) is 7.55. The molecule has 0 amide bonds. The van der Waals surface area contributed by atoms with E-state index in [4.69, 9.17) is 0 Å². The molecule has 3 nitrogen and oxygen atoms in total. The van der Waals surface area contributed by atoms with Gasteiger partial charge in [-0.2, -0.15) is 0 Å². The molecule has 1 N–H and O–H groups in total. The van der Waals surface area contributed by atoms with Crippen LogP contribution in [-0.2, 0) is 9.84 Å². The van der Waals surface area contributed by atoms with Crippen molar-refractivity contribution in [2.45, 2.75) is 13.0 Å². The summed E-state index contributed by atoms with van der Waals surface area (Å²) in [6, 6.07) is 0.178. The molecule has 0 aromatic rings. The first-order valence-electron chi connectivity index (χ1n) is 3.49. The lowest BCUT2D eigenvalue weighted by Gasteiger charge is -2.06. The monoisotopic (exact) mass is 177 g/mol. The average Bonchev–Trinajstić information content (AvgIpc) is 1.85. The first kappa shape index (κ1) is 10.7. The second kappa shape index (κ2) is 4.51. The van der Waals surface area contributed by atoms with E-state index in [9.17, 15) is 8.42 Å². The summed E-state index contributed by atoms with van der Waals surface area (Å²) in [7, 11) is -2.82. The molecule has 0 fully saturated rings. The van der Waals surface area contributed by atoms with E-state index >= 15 is 0 Å². The summed E-state index contributed by atoms with van der Waals surface area (Å²) in [5.74, 6) is 0.186. The van der Waals surface area contributed by atoms with Crippen molar-refractivity contribution in [2.24, 2.45) is 0 Å². The highest BCUT2D eigenvalue weighted by atomic mass is 32.2. The standard InChI is InChI=1S/C7H15NO2S/c1-4-7(2)8-5-6-11(3,9)10/h4,7-8H,1,5-6H2,2-3H3. The maximum atomic E-state index is 10.6. The molecule has 0 aliphatic carbocycles. The van der Waals surface area contributed by atoms with Crippen molar-refractivity contribution in [3.63, 3.8) is 0 Å². The van der Waals surface area contributed by atoms with Gasteiger partial charge in [-0.05, 0) is 6.92 Å². The first-order valence-corrected chi connectivity index (χ1v) is 5.55. The Morgan fingerprint density at radius 2 is 2.18 bits per heavy atom. The molecule has 0 saturated heterocycles. The minimum Gasteiger partial charge on any atom is -0.310 e. The van der Waals surface area contributed by atoms with Gasteiger partial charge in [-0.1, -0.05) is 6.08 Å². The SMILES string of the molecule is C=CC(C)NCCS(C)(=O)=O. The molecular weight excluding hydrogens is 162 g/mol. The van der Waals surface area contributed by atoms with Crippen molar-refractivity contribution in [3.05, 3.63) is 12.7 Å². The maximum Gasteiger partial charge on any atom is 0.148 e. The minimum atomic E-state index is -2.82. The molecule has 4 heteroatoms. The molecule has 1 unspecified atom stereocenters. The predicted molar refractivity (Wildman–Crippen MR) is 47.4 cm³/mol. The van der Waals surface area contributed by atoms with Gasteiger partial charge in [0.25, 0.3) is 0 Å². The fourth-order valence-corrected chi connectivity index (χ4v) is 1.04. The molecule has 0 aliphatic rings. The van der Waals surface area contributed by atoms with E-state index in [0.29, 0.717) is 6.54 Å². The highest BCUT2D eigenvalue weighted by molar-refractivity contribution is 7.90. The third-order valence-electron chi connectivity index (χ3n) is 1.29. The Morgan fingerprint density at radius 3 is 2.55 bits per heavy atom. The van der Waals surface area contributed by atoms with Crippen LogP contribution in [0.25, 0.3) is 0 Å². The predicted octanol–water partition coefficient (Wildman–Crippen LogP) is 0.195. The quantitative estimate of drug-likeness (QED) is 0.610. The second-order valence-corrected chi connectivity index (χ2v) is 4.87. The van der Waals surface area contributed by atoms with Gasteiger partial charge in [0.2, 0.25) is 0 Å². The Morgan fingerprint density at radius 1 is 1.64 bits per heavy atom. The Kier molecular flexibility index (Phi) is 4.37. The Balaban J connectivity index is 3.51. The van der Waals surface area contributed by atoms with Gasteiger partial charge < -0.3 is 5.32 Å². The van der Waals surface area contributed by atoms with Crippen LogP contribution in [0.15, 0.2) is 12.7 Å². The van der Waals surface area contributed by atoms with Gasteiger partial charge in [-0.25, -0.2) is 8.42 Å². The summed E-state index contributed by atoms with van der Waals surface area (Å²) in [6.07, 6.45) is 2.97. The lowest BCUT2D eigenvalue weighted by Crippen LogP contribution is -2.29. The molecule has 0 spiro atoms. The van der Waals surface area contributed by atoms with E-state index in [2.05, 4.69) is 11.9 Å². The van der Waals surface area contributed by atoms with Crippen LogP contribution >= 0.6 is 0 Å². The topological polar surface area (TPSA) is 46.2 Å². The van der Waals surface area contributed by atoms with Crippen molar-refractivity contribution < 1.29 is 8.42 Å². The summed E-state index contributed by atoms with van der Waals surface area (Å²) in [5.41, 5.74) is 0. The number of nitrogens with one attached hydrogen (secondary N) is 1. The number of sulfone groups is 1. The Labute approximate surface area is 68.4 Å². The Hall–Kier alpha value is -0.350. The highest BCUT2D eigenvalue weighted by Gasteiger charge is 2.01. The van der Waals surface area contributed by atoms with Gasteiger partial charge in [-0.15, -0.1) is 6.58 Å². The van der Waals surface area contributed by atoms with Crippen LogP contribution in [0.1, 0.15) is 6.92 Å². The number of rotatable bonds is 5. The zero-order valence-corrected chi connectivity index (χ0v) is 7.82. The lowest BCUT2D eigenvalue weighted by molar-refractivity contribution is 0.592. The van der Waals surface area contributed by atoms with E-state index in [0.717, 1.165) is 0 Å². The molecule has 0 aromatic heterocycles. The van der Waals surface area contributed by atoms with Gasteiger partial charge >= 0.3 is 0 Å². The molecule has 0 heterocycles. The van der Waals surface area contributed by atoms with E-state index < -0.39 is 9.84 Å². The smallest absolute Gasteiger partial charge is 0.148 e. The van der Waals surface area contributed by atoms with E-state index in [1.807, 2.05) is 6.92 Å². The fourth-order valence-electron chi connectivity index (χ4n) is 0.555. The zero-order valence-electron chi connectivity index (χ0n) is 7.00. The van der Waals surface area contributed by atoms with Crippen molar-refractivity contribution in [1.29, 1.82) is 0 Å². The summed E-state index contributed by atoms with van der Waals surface area (Å²) < 4.78 is 21.3. The van der Waals surface area contributed by atoms with Gasteiger partial charge in [0, 0.05) is 18.8 Å². The van der Waals surface area contributed by atoms with Gasteiger partial charge in [-0.3, -0.25) is 0 Å². The van der Waals surface area contributed by atoms with E-state index in [1.54, 1.807) is 6.08 Å². The molecule has 66 valence electrons. The molecule has 11 heavy (non-hydrogen) atoms.